The van der Waals surface area contributed by atoms with Crippen molar-refractivity contribution in [1.29, 1.82) is 0 Å². The number of rotatable bonds is 2. The number of halogens is 1. The molecule has 0 unspecified atom stereocenters. The van der Waals surface area contributed by atoms with Gasteiger partial charge in [0, 0.05) is 15.4 Å². The maximum Gasteiger partial charge on any atom is 0.124 e. The van der Waals surface area contributed by atoms with Crippen LogP contribution in [0.5, 0.6) is 0 Å². The van der Waals surface area contributed by atoms with Gasteiger partial charge < -0.3 is 0 Å². The summed E-state index contributed by atoms with van der Waals surface area (Å²) in [4.78, 5) is 4.58. The molecule has 1 aromatic heterocycles. The van der Waals surface area contributed by atoms with Gasteiger partial charge in [-0.3, -0.25) is 0 Å². The fourth-order valence-electron chi connectivity index (χ4n) is 1.39. The molecule has 2 rings (SSSR count). The van der Waals surface area contributed by atoms with E-state index in [0.717, 1.165) is 15.9 Å². The number of hydrogen-bond donors (Lipinski definition) is 0. The Balaban J connectivity index is 2.44. The van der Waals surface area contributed by atoms with E-state index in [1.165, 1.54) is 16.8 Å². The van der Waals surface area contributed by atoms with Crippen LogP contribution in [-0.2, 0) is 6.42 Å². The standard InChI is InChI=1S/C12H12BrNS/c1-3-9-7-15-12(14-9)10-5-4-8(2)6-11(10)13/h4-7H,3H2,1-2H3. The second-order valence-electron chi connectivity index (χ2n) is 3.48. The molecule has 0 aliphatic rings. The van der Waals surface area contributed by atoms with E-state index in [9.17, 15) is 0 Å². The lowest BCUT2D eigenvalue weighted by Gasteiger charge is -2.01. The average molecular weight is 282 g/mol. The highest BCUT2D eigenvalue weighted by Crippen LogP contribution is 2.31. The van der Waals surface area contributed by atoms with Gasteiger partial charge in [0.2, 0.25) is 0 Å². The van der Waals surface area contributed by atoms with E-state index in [1.54, 1.807) is 11.3 Å². The van der Waals surface area contributed by atoms with E-state index in [0.29, 0.717) is 0 Å². The van der Waals surface area contributed by atoms with Crippen molar-refractivity contribution in [2.75, 3.05) is 0 Å². The van der Waals surface area contributed by atoms with Crippen molar-refractivity contribution in [3.63, 3.8) is 0 Å². The van der Waals surface area contributed by atoms with Crippen molar-refractivity contribution < 1.29 is 0 Å². The van der Waals surface area contributed by atoms with Gasteiger partial charge in [0.15, 0.2) is 0 Å². The molecule has 1 aromatic carbocycles. The highest BCUT2D eigenvalue weighted by molar-refractivity contribution is 9.10. The topological polar surface area (TPSA) is 12.9 Å². The molecule has 78 valence electrons. The van der Waals surface area contributed by atoms with Crippen molar-refractivity contribution in [2.45, 2.75) is 20.3 Å². The van der Waals surface area contributed by atoms with Gasteiger partial charge in [-0.05, 0) is 25.0 Å². The lowest BCUT2D eigenvalue weighted by atomic mass is 10.2. The molecule has 0 bridgehead atoms. The molecule has 0 amide bonds. The third kappa shape index (κ3) is 2.29. The van der Waals surface area contributed by atoms with Gasteiger partial charge in [0.25, 0.3) is 0 Å². The van der Waals surface area contributed by atoms with Gasteiger partial charge in [-0.25, -0.2) is 4.98 Å². The molecule has 0 fully saturated rings. The zero-order valence-corrected chi connectivity index (χ0v) is 11.2. The van der Waals surface area contributed by atoms with E-state index in [-0.39, 0.29) is 0 Å². The van der Waals surface area contributed by atoms with Gasteiger partial charge in [-0.2, -0.15) is 0 Å². The Morgan fingerprint density at radius 2 is 2.20 bits per heavy atom. The van der Waals surface area contributed by atoms with Crippen LogP contribution in [0.1, 0.15) is 18.2 Å². The van der Waals surface area contributed by atoms with Gasteiger partial charge in [-0.1, -0.05) is 35.0 Å². The molecule has 1 nitrogen and oxygen atoms in total. The number of aryl methyl sites for hydroxylation is 2. The number of hydrogen-bond acceptors (Lipinski definition) is 2. The first-order valence-electron chi connectivity index (χ1n) is 4.91. The van der Waals surface area contributed by atoms with E-state index in [4.69, 9.17) is 0 Å². The largest absolute Gasteiger partial charge is 0.241 e. The van der Waals surface area contributed by atoms with E-state index < -0.39 is 0 Å². The van der Waals surface area contributed by atoms with E-state index in [1.807, 2.05) is 0 Å². The Kier molecular flexibility index (Phi) is 3.22. The predicted octanol–water partition coefficient (Wildman–Crippen LogP) is 4.44. The molecule has 0 spiro atoms. The van der Waals surface area contributed by atoms with Crippen molar-refractivity contribution in [1.82, 2.24) is 4.98 Å². The Hall–Kier alpha value is -0.670. The Bertz CT molecular complexity index is 476. The molecule has 0 saturated carbocycles. The summed E-state index contributed by atoms with van der Waals surface area (Å²) in [7, 11) is 0. The van der Waals surface area contributed by atoms with Crippen LogP contribution >= 0.6 is 27.3 Å². The lowest BCUT2D eigenvalue weighted by Crippen LogP contribution is -1.82. The first-order chi connectivity index (χ1) is 7.20. The number of benzene rings is 1. The Morgan fingerprint density at radius 3 is 2.80 bits per heavy atom. The molecule has 1 heterocycles. The molecule has 0 atom stereocenters. The molecule has 2 aromatic rings. The second-order valence-corrected chi connectivity index (χ2v) is 5.19. The van der Waals surface area contributed by atoms with Crippen molar-refractivity contribution in [3.05, 3.63) is 39.3 Å². The molecule has 0 aliphatic heterocycles. The van der Waals surface area contributed by atoms with Gasteiger partial charge >= 0.3 is 0 Å². The monoisotopic (exact) mass is 281 g/mol. The summed E-state index contributed by atoms with van der Waals surface area (Å²) >= 11 is 5.29. The molecule has 0 radical (unpaired) electrons. The molecule has 0 N–H and O–H groups in total. The van der Waals surface area contributed by atoms with Crippen LogP contribution in [0.2, 0.25) is 0 Å². The number of aromatic nitrogens is 1. The molecule has 0 saturated heterocycles. The minimum Gasteiger partial charge on any atom is -0.241 e. The maximum atomic E-state index is 4.58. The minimum absolute atomic E-state index is 1.000. The van der Waals surface area contributed by atoms with Gasteiger partial charge in [0.05, 0.1) is 5.69 Å². The van der Waals surface area contributed by atoms with Gasteiger partial charge in [-0.15, -0.1) is 11.3 Å². The normalized spacial score (nSPS) is 10.6. The van der Waals surface area contributed by atoms with Crippen molar-refractivity contribution in [2.24, 2.45) is 0 Å². The summed E-state index contributed by atoms with van der Waals surface area (Å²) in [5, 5.41) is 3.22. The van der Waals surface area contributed by atoms with Crippen LogP contribution < -0.4 is 0 Å². The smallest absolute Gasteiger partial charge is 0.124 e. The first kappa shape index (κ1) is 10.8. The van der Waals surface area contributed by atoms with Crippen molar-refractivity contribution >= 4 is 27.3 Å². The van der Waals surface area contributed by atoms with Crippen LogP contribution in [-0.4, -0.2) is 4.98 Å². The fraction of sp³-hybridized carbons (Fsp3) is 0.250. The van der Waals surface area contributed by atoms with Crippen LogP contribution in [0.15, 0.2) is 28.1 Å². The summed E-state index contributed by atoms with van der Waals surface area (Å²) in [6.45, 7) is 4.22. The van der Waals surface area contributed by atoms with Crippen LogP contribution in [0.4, 0.5) is 0 Å². The highest BCUT2D eigenvalue weighted by atomic mass is 79.9. The van der Waals surface area contributed by atoms with E-state index >= 15 is 0 Å². The summed E-state index contributed by atoms with van der Waals surface area (Å²) in [5.41, 5.74) is 3.62. The Morgan fingerprint density at radius 1 is 1.40 bits per heavy atom. The third-order valence-corrected chi connectivity index (χ3v) is 3.85. The molecule has 3 heteroatoms. The van der Waals surface area contributed by atoms with E-state index in [2.05, 4.69) is 58.3 Å². The summed E-state index contributed by atoms with van der Waals surface area (Å²) in [6, 6.07) is 6.37. The third-order valence-electron chi connectivity index (χ3n) is 2.27. The molecular weight excluding hydrogens is 270 g/mol. The average Bonchev–Trinajstić information content (AvgIpc) is 2.66. The SMILES string of the molecule is CCc1csc(-c2ccc(C)cc2Br)n1. The molecule has 15 heavy (non-hydrogen) atoms. The van der Waals surface area contributed by atoms with Crippen molar-refractivity contribution in [3.8, 4) is 10.6 Å². The summed E-state index contributed by atoms with van der Waals surface area (Å²) in [6.07, 6.45) is 1.000. The summed E-state index contributed by atoms with van der Waals surface area (Å²) < 4.78 is 1.12. The number of nitrogens with zero attached hydrogens (tertiary/aromatic N) is 1. The Labute approximate surface area is 102 Å². The highest BCUT2D eigenvalue weighted by Gasteiger charge is 2.07. The molecular formula is C12H12BrNS. The van der Waals surface area contributed by atoms with Crippen LogP contribution in [0, 0.1) is 6.92 Å². The summed E-state index contributed by atoms with van der Waals surface area (Å²) in [5.74, 6) is 0. The van der Waals surface area contributed by atoms with Crippen LogP contribution in [0.3, 0.4) is 0 Å². The van der Waals surface area contributed by atoms with Crippen LogP contribution in [0.25, 0.3) is 10.6 Å². The maximum absolute atomic E-state index is 4.58. The second kappa shape index (κ2) is 4.45. The molecule has 0 aliphatic carbocycles. The fourth-order valence-corrected chi connectivity index (χ4v) is 3.14. The zero-order chi connectivity index (χ0) is 10.8. The predicted molar refractivity (Wildman–Crippen MR) is 69.4 cm³/mol. The zero-order valence-electron chi connectivity index (χ0n) is 8.75. The first-order valence-corrected chi connectivity index (χ1v) is 6.59. The minimum atomic E-state index is 1.000. The lowest BCUT2D eigenvalue weighted by molar-refractivity contribution is 1.07. The number of thiazole rings is 1. The van der Waals surface area contributed by atoms with Gasteiger partial charge in [0.1, 0.15) is 5.01 Å². The quantitative estimate of drug-likeness (QED) is 0.793.